The molecule has 22 heavy (non-hydrogen) atoms. The van der Waals surface area contributed by atoms with Crippen molar-refractivity contribution >= 4 is 27.4 Å². The summed E-state index contributed by atoms with van der Waals surface area (Å²) in [5, 5.41) is 15.9. The van der Waals surface area contributed by atoms with Gasteiger partial charge in [-0.1, -0.05) is 12.1 Å². The van der Waals surface area contributed by atoms with Crippen molar-refractivity contribution in [3.05, 3.63) is 40.5 Å². The normalized spacial score (nSPS) is 15.1. The minimum absolute atomic E-state index is 0.0385. The van der Waals surface area contributed by atoms with Crippen LogP contribution in [-0.4, -0.2) is 26.5 Å². The fraction of sp³-hybridized carbons (Fsp3) is 0.231. The number of nitrogen functional groups attached to an aromatic ring is 1. The van der Waals surface area contributed by atoms with Crippen LogP contribution in [0, 0.1) is 6.92 Å². The van der Waals surface area contributed by atoms with Gasteiger partial charge in [0.2, 0.25) is 5.60 Å². The van der Waals surface area contributed by atoms with Gasteiger partial charge in [0, 0.05) is 5.69 Å². The van der Waals surface area contributed by atoms with Crippen molar-refractivity contribution in [3.63, 3.8) is 0 Å². The van der Waals surface area contributed by atoms with Gasteiger partial charge in [-0.15, -0.1) is 11.3 Å². The second-order valence-corrected chi connectivity index (χ2v) is 5.83. The third-order valence-electron chi connectivity index (χ3n) is 3.35. The molecule has 116 valence electrons. The van der Waals surface area contributed by atoms with E-state index in [4.69, 9.17) is 5.73 Å². The molecular weight excluding hydrogens is 317 g/mol. The number of halogens is 3. The molecular formula is C13H11F3N4OS. The number of alkyl halides is 3. The molecule has 2 heterocycles. The number of anilines is 1. The predicted molar refractivity (Wildman–Crippen MR) is 76.4 cm³/mol. The Morgan fingerprint density at radius 3 is 2.50 bits per heavy atom. The first kappa shape index (κ1) is 14.8. The number of hydrogen-bond acceptors (Lipinski definition) is 5. The highest BCUT2D eigenvalue weighted by Gasteiger charge is 2.60. The monoisotopic (exact) mass is 328 g/mol. The zero-order valence-electron chi connectivity index (χ0n) is 11.3. The number of nitrogens with two attached hydrogens (primary N) is 1. The number of thiazole rings is 1. The first-order valence-electron chi connectivity index (χ1n) is 6.21. The molecule has 5 nitrogen and oxygen atoms in total. The molecule has 2 aromatic heterocycles. The van der Waals surface area contributed by atoms with Crippen LogP contribution in [0.15, 0.2) is 24.3 Å². The molecule has 1 aromatic carbocycles. The zero-order chi connectivity index (χ0) is 16.1. The van der Waals surface area contributed by atoms with Crippen LogP contribution in [-0.2, 0) is 5.60 Å². The molecule has 0 spiro atoms. The van der Waals surface area contributed by atoms with Crippen molar-refractivity contribution < 1.29 is 18.3 Å². The lowest BCUT2D eigenvalue weighted by molar-refractivity contribution is -0.248. The van der Waals surface area contributed by atoms with E-state index in [1.165, 1.54) is 6.92 Å². The van der Waals surface area contributed by atoms with E-state index in [0.717, 1.165) is 11.3 Å². The maximum absolute atomic E-state index is 13.7. The van der Waals surface area contributed by atoms with E-state index in [-0.39, 0.29) is 5.69 Å². The Morgan fingerprint density at radius 2 is 1.95 bits per heavy atom. The summed E-state index contributed by atoms with van der Waals surface area (Å²) in [6.45, 7) is 1.36. The van der Waals surface area contributed by atoms with E-state index in [2.05, 4.69) is 15.2 Å². The highest BCUT2D eigenvalue weighted by atomic mass is 32.1. The molecule has 0 aliphatic heterocycles. The van der Waals surface area contributed by atoms with Gasteiger partial charge in [-0.25, -0.2) is 4.98 Å². The molecule has 0 aliphatic carbocycles. The topological polar surface area (TPSA) is 87.8 Å². The molecule has 9 heteroatoms. The SMILES string of the molecule is Cc1[nH]nc(N)c1[C@](O)(c1nc2ccccc2s1)C(F)(F)F. The molecule has 0 saturated heterocycles. The number of rotatable bonds is 2. The predicted octanol–water partition coefficient (Wildman–Crippen LogP) is 2.71. The van der Waals surface area contributed by atoms with Gasteiger partial charge in [-0.3, -0.25) is 5.10 Å². The first-order chi connectivity index (χ1) is 10.2. The van der Waals surface area contributed by atoms with E-state index in [1.54, 1.807) is 24.3 Å². The largest absolute Gasteiger partial charge is 0.428 e. The maximum atomic E-state index is 13.7. The van der Waals surface area contributed by atoms with Crippen LogP contribution in [0.1, 0.15) is 16.3 Å². The summed E-state index contributed by atoms with van der Waals surface area (Å²) >= 11 is 0.768. The van der Waals surface area contributed by atoms with Crippen molar-refractivity contribution in [3.8, 4) is 0 Å². The molecule has 0 bridgehead atoms. The summed E-state index contributed by atoms with van der Waals surface area (Å²) in [5.41, 5.74) is 2.13. The average Bonchev–Trinajstić information content (AvgIpc) is 3.01. The van der Waals surface area contributed by atoms with Gasteiger partial charge in [-0.05, 0) is 19.1 Å². The van der Waals surface area contributed by atoms with E-state index < -0.39 is 28.2 Å². The van der Waals surface area contributed by atoms with Crippen LogP contribution in [0.2, 0.25) is 0 Å². The van der Waals surface area contributed by atoms with Gasteiger partial charge >= 0.3 is 6.18 Å². The van der Waals surface area contributed by atoms with Crippen LogP contribution >= 0.6 is 11.3 Å². The summed E-state index contributed by atoms with van der Waals surface area (Å²) in [5.74, 6) is -0.406. The Morgan fingerprint density at radius 1 is 1.27 bits per heavy atom. The van der Waals surface area contributed by atoms with Gasteiger partial charge in [0.1, 0.15) is 5.01 Å². The first-order valence-corrected chi connectivity index (χ1v) is 7.03. The van der Waals surface area contributed by atoms with E-state index >= 15 is 0 Å². The fourth-order valence-corrected chi connectivity index (χ4v) is 3.38. The Balaban J connectivity index is 2.32. The van der Waals surface area contributed by atoms with Crippen molar-refractivity contribution in [2.24, 2.45) is 0 Å². The number of aromatic nitrogens is 3. The summed E-state index contributed by atoms with van der Waals surface area (Å²) in [4.78, 5) is 3.94. The summed E-state index contributed by atoms with van der Waals surface area (Å²) in [6, 6.07) is 6.57. The number of benzene rings is 1. The molecule has 4 N–H and O–H groups in total. The number of hydrogen-bond donors (Lipinski definition) is 3. The Kier molecular flexibility index (Phi) is 3.15. The Labute approximate surface area is 126 Å². The molecule has 0 amide bonds. The summed E-state index contributed by atoms with van der Waals surface area (Å²) in [6.07, 6.45) is -5.00. The van der Waals surface area contributed by atoms with Gasteiger partial charge in [-0.2, -0.15) is 18.3 Å². The second-order valence-electron chi connectivity index (χ2n) is 4.80. The number of aromatic amines is 1. The number of aliphatic hydroxyl groups is 1. The number of nitrogens with one attached hydrogen (secondary N) is 1. The Bertz CT molecular complexity index is 789. The van der Waals surface area contributed by atoms with Gasteiger partial charge in [0.25, 0.3) is 0 Å². The smallest absolute Gasteiger partial charge is 0.382 e. The average molecular weight is 328 g/mol. The van der Waals surface area contributed by atoms with Crippen molar-refractivity contribution in [2.75, 3.05) is 5.73 Å². The van der Waals surface area contributed by atoms with Crippen molar-refractivity contribution in [2.45, 2.75) is 18.7 Å². The standard InChI is InChI=1S/C13H11F3N4OS/c1-6-9(10(17)20-19-6)12(21,13(14,15)16)11-18-7-4-2-3-5-8(7)22-11/h2-5,21H,1H3,(H3,17,19,20)/t12-/m0/s1. The number of nitrogens with zero attached hydrogens (tertiary/aromatic N) is 2. The number of H-pyrrole nitrogens is 1. The minimum Gasteiger partial charge on any atom is -0.382 e. The molecule has 0 aliphatic rings. The molecule has 0 saturated carbocycles. The van der Waals surface area contributed by atoms with Crippen LogP contribution in [0.25, 0.3) is 10.2 Å². The molecule has 1 atom stereocenters. The van der Waals surface area contributed by atoms with Crippen LogP contribution < -0.4 is 5.73 Å². The van der Waals surface area contributed by atoms with E-state index in [1.807, 2.05) is 0 Å². The van der Waals surface area contributed by atoms with Crippen LogP contribution in [0.5, 0.6) is 0 Å². The minimum atomic E-state index is -5.00. The lowest BCUT2D eigenvalue weighted by atomic mass is 9.93. The third-order valence-corrected chi connectivity index (χ3v) is 4.50. The highest BCUT2D eigenvalue weighted by molar-refractivity contribution is 7.18. The lowest BCUT2D eigenvalue weighted by Crippen LogP contribution is -2.44. The quantitative estimate of drug-likeness (QED) is 0.675. The number of para-hydroxylation sites is 1. The Hall–Kier alpha value is -2.13. The molecule has 0 radical (unpaired) electrons. The van der Waals surface area contributed by atoms with Gasteiger partial charge in [0.15, 0.2) is 5.82 Å². The van der Waals surface area contributed by atoms with Gasteiger partial charge < -0.3 is 10.8 Å². The summed E-state index contributed by atoms with van der Waals surface area (Å²) in [7, 11) is 0. The van der Waals surface area contributed by atoms with Crippen LogP contribution in [0.4, 0.5) is 19.0 Å². The number of aryl methyl sites for hydroxylation is 1. The summed E-state index contributed by atoms with van der Waals surface area (Å²) < 4.78 is 41.5. The lowest BCUT2D eigenvalue weighted by Gasteiger charge is -2.28. The van der Waals surface area contributed by atoms with Crippen molar-refractivity contribution in [1.29, 1.82) is 0 Å². The molecule has 0 fully saturated rings. The number of fused-ring (bicyclic) bond motifs is 1. The maximum Gasteiger partial charge on any atom is 0.428 e. The van der Waals surface area contributed by atoms with Crippen molar-refractivity contribution in [1.82, 2.24) is 15.2 Å². The zero-order valence-corrected chi connectivity index (χ0v) is 12.1. The fourth-order valence-electron chi connectivity index (χ4n) is 2.30. The highest BCUT2D eigenvalue weighted by Crippen LogP contribution is 2.48. The van der Waals surface area contributed by atoms with E-state index in [0.29, 0.717) is 10.2 Å². The molecule has 3 aromatic rings. The van der Waals surface area contributed by atoms with Gasteiger partial charge in [0.05, 0.1) is 15.8 Å². The third kappa shape index (κ3) is 1.97. The van der Waals surface area contributed by atoms with E-state index in [9.17, 15) is 18.3 Å². The van der Waals surface area contributed by atoms with Crippen LogP contribution in [0.3, 0.4) is 0 Å². The molecule has 3 rings (SSSR count). The molecule has 0 unspecified atom stereocenters. The second kappa shape index (κ2) is 4.68.